The van der Waals surface area contributed by atoms with Crippen molar-refractivity contribution in [2.75, 3.05) is 11.9 Å². The van der Waals surface area contributed by atoms with Crippen LogP contribution in [0.2, 0.25) is 0 Å². The average molecular weight is 356 g/mol. The van der Waals surface area contributed by atoms with Crippen molar-refractivity contribution in [3.8, 4) is 16.8 Å². The zero-order valence-electron chi connectivity index (χ0n) is 15.8. The number of anilines is 1. The third-order valence-electron chi connectivity index (χ3n) is 4.77. The summed E-state index contributed by atoms with van der Waals surface area (Å²) in [6, 6.07) is 18.9. The fourth-order valence-corrected chi connectivity index (χ4v) is 3.39. The van der Waals surface area contributed by atoms with E-state index >= 15 is 0 Å². The van der Waals surface area contributed by atoms with Gasteiger partial charge in [0.15, 0.2) is 5.65 Å². The number of aromatic nitrogens is 3. The van der Waals surface area contributed by atoms with Gasteiger partial charge in [0.05, 0.1) is 5.39 Å². The molecular weight excluding hydrogens is 332 g/mol. The first kappa shape index (κ1) is 17.3. The Morgan fingerprint density at radius 2 is 1.85 bits per heavy atom. The summed E-state index contributed by atoms with van der Waals surface area (Å²) in [7, 11) is 0. The van der Waals surface area contributed by atoms with E-state index in [1.54, 1.807) is 6.33 Å². The lowest BCUT2D eigenvalue weighted by Gasteiger charge is -2.08. The largest absolute Gasteiger partial charge is 0.369 e. The van der Waals surface area contributed by atoms with Gasteiger partial charge in [0, 0.05) is 24.0 Å². The van der Waals surface area contributed by atoms with Crippen LogP contribution in [0.15, 0.2) is 67.1 Å². The van der Waals surface area contributed by atoms with Gasteiger partial charge in [-0.2, -0.15) is 0 Å². The monoisotopic (exact) mass is 356 g/mol. The number of hydrogen-bond donors (Lipinski definition) is 1. The zero-order valence-corrected chi connectivity index (χ0v) is 15.8. The Kier molecular flexibility index (Phi) is 4.88. The average Bonchev–Trinajstić information content (AvgIpc) is 3.09. The third-order valence-corrected chi connectivity index (χ3v) is 4.77. The maximum absolute atomic E-state index is 4.63. The van der Waals surface area contributed by atoms with Gasteiger partial charge in [-0.3, -0.25) is 0 Å². The van der Waals surface area contributed by atoms with Gasteiger partial charge < -0.3 is 9.88 Å². The van der Waals surface area contributed by atoms with Crippen molar-refractivity contribution in [3.05, 3.63) is 72.7 Å². The summed E-state index contributed by atoms with van der Waals surface area (Å²) >= 11 is 0. The summed E-state index contributed by atoms with van der Waals surface area (Å²) in [6.07, 6.45) is 6.09. The Morgan fingerprint density at radius 3 is 2.63 bits per heavy atom. The van der Waals surface area contributed by atoms with Crippen LogP contribution in [0.25, 0.3) is 27.8 Å². The number of unbranched alkanes of at least 4 members (excludes halogenated alkanes) is 1. The number of hydrogen-bond acceptors (Lipinski definition) is 3. The van der Waals surface area contributed by atoms with Gasteiger partial charge in [0.25, 0.3) is 0 Å². The van der Waals surface area contributed by atoms with E-state index < -0.39 is 0 Å². The Balaban J connectivity index is 1.94. The van der Waals surface area contributed by atoms with Crippen molar-refractivity contribution in [1.82, 2.24) is 14.5 Å². The van der Waals surface area contributed by atoms with Gasteiger partial charge in [0.2, 0.25) is 0 Å². The molecule has 4 nitrogen and oxygen atoms in total. The molecule has 0 bridgehead atoms. The van der Waals surface area contributed by atoms with Crippen molar-refractivity contribution in [3.63, 3.8) is 0 Å². The van der Waals surface area contributed by atoms with Gasteiger partial charge in [-0.25, -0.2) is 9.97 Å². The number of rotatable bonds is 6. The van der Waals surface area contributed by atoms with E-state index in [1.165, 1.54) is 11.1 Å². The van der Waals surface area contributed by atoms with Crippen LogP contribution in [0.1, 0.15) is 25.3 Å². The van der Waals surface area contributed by atoms with E-state index in [-0.39, 0.29) is 0 Å². The van der Waals surface area contributed by atoms with E-state index in [9.17, 15) is 0 Å². The van der Waals surface area contributed by atoms with Gasteiger partial charge in [-0.1, -0.05) is 55.8 Å². The highest BCUT2D eigenvalue weighted by atomic mass is 15.1. The summed E-state index contributed by atoms with van der Waals surface area (Å²) in [5.41, 5.74) is 5.58. The van der Waals surface area contributed by atoms with Crippen LogP contribution < -0.4 is 5.32 Å². The molecule has 0 spiro atoms. The first-order chi connectivity index (χ1) is 13.3. The summed E-state index contributed by atoms with van der Waals surface area (Å²) in [4.78, 5) is 9.19. The molecule has 4 aromatic rings. The molecule has 0 radical (unpaired) electrons. The highest BCUT2D eigenvalue weighted by Crippen LogP contribution is 2.35. The van der Waals surface area contributed by atoms with E-state index in [2.05, 4.69) is 88.4 Å². The van der Waals surface area contributed by atoms with Crippen LogP contribution in [-0.4, -0.2) is 21.1 Å². The molecular formula is C23H24N4. The lowest BCUT2D eigenvalue weighted by molar-refractivity contribution is 0.831. The predicted octanol–water partition coefficient (Wildman–Crippen LogP) is 5.61. The molecule has 0 aliphatic heterocycles. The first-order valence-corrected chi connectivity index (χ1v) is 9.50. The molecule has 0 aliphatic rings. The van der Waals surface area contributed by atoms with Gasteiger partial charge in [-0.05, 0) is 36.6 Å². The minimum Gasteiger partial charge on any atom is -0.369 e. The maximum Gasteiger partial charge on any atom is 0.150 e. The Bertz CT molecular complexity index is 1050. The lowest BCUT2D eigenvalue weighted by Crippen LogP contribution is -2.04. The van der Waals surface area contributed by atoms with E-state index in [0.717, 1.165) is 47.5 Å². The molecule has 0 aliphatic carbocycles. The molecule has 2 heterocycles. The standard InChI is InChI=1S/C23H24N4/c1-3-4-13-24-22-21-20(18-10-6-5-7-11-18)15-27(23(21)26-16-25-22)19-12-8-9-17(2)14-19/h5-12,14-16H,3-4,13H2,1-2H3,(H,24,25,26). The molecule has 0 amide bonds. The smallest absolute Gasteiger partial charge is 0.150 e. The number of nitrogens with one attached hydrogen (secondary N) is 1. The zero-order chi connectivity index (χ0) is 18.6. The highest BCUT2D eigenvalue weighted by Gasteiger charge is 2.17. The number of nitrogens with zero attached hydrogens (tertiary/aromatic N) is 3. The lowest BCUT2D eigenvalue weighted by atomic mass is 10.1. The van der Waals surface area contributed by atoms with E-state index in [0.29, 0.717) is 0 Å². The second-order valence-corrected chi connectivity index (χ2v) is 6.82. The van der Waals surface area contributed by atoms with Crippen LogP contribution in [0.4, 0.5) is 5.82 Å². The third kappa shape index (κ3) is 3.43. The quantitative estimate of drug-likeness (QED) is 0.457. The van der Waals surface area contributed by atoms with E-state index in [4.69, 9.17) is 0 Å². The molecule has 2 aromatic heterocycles. The molecule has 0 unspecified atom stereocenters. The summed E-state index contributed by atoms with van der Waals surface area (Å²) < 4.78 is 2.16. The molecule has 0 atom stereocenters. The predicted molar refractivity (Wildman–Crippen MR) is 112 cm³/mol. The van der Waals surface area contributed by atoms with Crippen molar-refractivity contribution in [1.29, 1.82) is 0 Å². The van der Waals surface area contributed by atoms with E-state index in [1.807, 2.05) is 6.07 Å². The van der Waals surface area contributed by atoms with Crippen molar-refractivity contribution < 1.29 is 0 Å². The minimum absolute atomic E-state index is 0.902. The summed E-state index contributed by atoms with van der Waals surface area (Å²) in [6.45, 7) is 5.22. The summed E-state index contributed by atoms with van der Waals surface area (Å²) in [5.74, 6) is 0.902. The fourth-order valence-electron chi connectivity index (χ4n) is 3.39. The molecule has 2 aromatic carbocycles. The molecule has 4 heteroatoms. The first-order valence-electron chi connectivity index (χ1n) is 9.50. The van der Waals surface area contributed by atoms with Crippen LogP contribution in [-0.2, 0) is 0 Å². The van der Waals surface area contributed by atoms with Gasteiger partial charge in [-0.15, -0.1) is 0 Å². The van der Waals surface area contributed by atoms with Crippen LogP contribution in [0.5, 0.6) is 0 Å². The Labute approximate surface area is 159 Å². The molecule has 0 saturated carbocycles. The molecule has 0 fully saturated rings. The molecule has 1 N–H and O–H groups in total. The number of aryl methyl sites for hydroxylation is 1. The molecule has 27 heavy (non-hydrogen) atoms. The second-order valence-electron chi connectivity index (χ2n) is 6.82. The second kappa shape index (κ2) is 7.62. The maximum atomic E-state index is 4.63. The number of fused-ring (bicyclic) bond motifs is 1. The molecule has 0 saturated heterocycles. The van der Waals surface area contributed by atoms with Crippen molar-refractivity contribution in [2.45, 2.75) is 26.7 Å². The van der Waals surface area contributed by atoms with Gasteiger partial charge >= 0.3 is 0 Å². The Morgan fingerprint density at radius 1 is 1.00 bits per heavy atom. The van der Waals surface area contributed by atoms with Crippen LogP contribution >= 0.6 is 0 Å². The molecule has 136 valence electrons. The topological polar surface area (TPSA) is 42.7 Å². The van der Waals surface area contributed by atoms with Crippen LogP contribution in [0, 0.1) is 6.92 Å². The SMILES string of the molecule is CCCCNc1ncnc2c1c(-c1ccccc1)cn2-c1cccc(C)c1. The van der Waals surface area contributed by atoms with Crippen LogP contribution in [0.3, 0.4) is 0 Å². The van der Waals surface area contributed by atoms with Crippen molar-refractivity contribution in [2.24, 2.45) is 0 Å². The fraction of sp³-hybridized carbons (Fsp3) is 0.217. The normalized spacial score (nSPS) is 11.0. The highest BCUT2D eigenvalue weighted by molar-refractivity contribution is 6.02. The molecule has 4 rings (SSSR count). The van der Waals surface area contributed by atoms with Crippen molar-refractivity contribution >= 4 is 16.9 Å². The number of benzene rings is 2. The Hall–Kier alpha value is -3.14. The summed E-state index contributed by atoms with van der Waals surface area (Å²) in [5, 5.41) is 4.58. The van der Waals surface area contributed by atoms with Gasteiger partial charge in [0.1, 0.15) is 12.1 Å². The minimum atomic E-state index is 0.902.